The number of carbonyl (C=O) groups is 2. The molecular weight excluding hydrogens is 307 g/mol. The maximum atomic E-state index is 11.3. The van der Waals surface area contributed by atoms with E-state index < -0.39 is 9.89 Å². The Bertz CT molecular complexity index is 348. The monoisotopic (exact) mass is 318 g/mol. The van der Waals surface area contributed by atoms with E-state index in [2.05, 4.69) is 0 Å². The van der Waals surface area contributed by atoms with Crippen molar-refractivity contribution in [2.75, 3.05) is 0 Å². The second-order valence-electron chi connectivity index (χ2n) is 3.07. The molecule has 3 nitrogen and oxygen atoms in total. The van der Waals surface area contributed by atoms with Gasteiger partial charge in [-0.05, 0) is 12.5 Å². The van der Waals surface area contributed by atoms with E-state index >= 15 is 0 Å². The number of benzene rings is 1. The first-order valence-corrected chi connectivity index (χ1v) is 5.71. The second kappa shape index (κ2) is 5.85. The van der Waals surface area contributed by atoms with Gasteiger partial charge in [-0.3, -0.25) is 9.59 Å². The molecule has 1 aromatic rings. The van der Waals surface area contributed by atoms with Gasteiger partial charge in [0.25, 0.3) is 0 Å². The van der Waals surface area contributed by atoms with Gasteiger partial charge < -0.3 is 4.74 Å². The van der Waals surface area contributed by atoms with Crippen molar-refractivity contribution in [3.8, 4) is 0 Å². The van der Waals surface area contributed by atoms with Gasteiger partial charge >= 0.3 is 5.97 Å². The molecule has 1 aromatic carbocycles. The van der Waals surface area contributed by atoms with Crippen LogP contribution in [0.4, 0.5) is 0 Å². The van der Waals surface area contributed by atoms with Crippen molar-refractivity contribution in [3.63, 3.8) is 0 Å². The predicted molar refractivity (Wildman–Crippen MR) is 64.7 cm³/mol. The molecule has 1 unspecified atom stereocenters. The lowest BCUT2D eigenvalue weighted by Gasteiger charge is -2.07. The van der Waals surface area contributed by atoms with Gasteiger partial charge in [-0.1, -0.05) is 52.9 Å². The number of rotatable bonds is 4. The zero-order valence-electron chi connectivity index (χ0n) is 8.27. The molecular formula is C11H11IO3. The number of carbonyl (C=O) groups excluding carboxylic acids is 2. The molecule has 4 heteroatoms. The van der Waals surface area contributed by atoms with Crippen LogP contribution in [0.15, 0.2) is 30.3 Å². The molecule has 0 aliphatic rings. The Labute approximate surface area is 102 Å². The molecule has 15 heavy (non-hydrogen) atoms. The van der Waals surface area contributed by atoms with E-state index in [1.165, 1.54) is 6.92 Å². The van der Waals surface area contributed by atoms with Gasteiger partial charge in [0.1, 0.15) is 6.61 Å². The topological polar surface area (TPSA) is 43.4 Å². The Kier molecular flexibility index (Phi) is 4.74. The molecule has 0 radical (unpaired) electrons. The van der Waals surface area contributed by atoms with Crippen LogP contribution in [0.25, 0.3) is 0 Å². The lowest BCUT2D eigenvalue weighted by atomic mass is 10.2. The number of esters is 1. The number of alkyl halides is 1. The van der Waals surface area contributed by atoms with Crippen LogP contribution in [0, 0.1) is 0 Å². The molecule has 0 N–H and O–H groups in total. The van der Waals surface area contributed by atoms with Gasteiger partial charge in [-0.2, -0.15) is 0 Å². The molecule has 1 rings (SSSR count). The fraction of sp³-hybridized carbons (Fsp3) is 0.273. The summed E-state index contributed by atoms with van der Waals surface area (Å²) in [4.78, 5) is 22.2. The van der Waals surface area contributed by atoms with E-state index in [1.807, 2.05) is 30.3 Å². The largest absolute Gasteiger partial charge is 0.460 e. The molecule has 0 bridgehead atoms. The van der Waals surface area contributed by atoms with Gasteiger partial charge in [0.05, 0.1) is 0 Å². The normalized spacial score (nSPS) is 11.9. The van der Waals surface area contributed by atoms with E-state index in [0.29, 0.717) is 0 Å². The van der Waals surface area contributed by atoms with Crippen molar-refractivity contribution in [1.82, 2.24) is 0 Å². The van der Waals surface area contributed by atoms with Crippen LogP contribution in [0.5, 0.6) is 0 Å². The minimum absolute atomic E-state index is 0.186. The first-order chi connectivity index (χ1) is 7.11. The molecule has 0 saturated carbocycles. The summed E-state index contributed by atoms with van der Waals surface area (Å²) in [6.45, 7) is 1.59. The standard InChI is InChI=1S/C11H11IO3/c1-8(13)10(12)11(14)15-7-9-5-3-2-4-6-9/h2-6,10H,7H2,1H3. The quantitative estimate of drug-likeness (QED) is 0.370. The maximum absolute atomic E-state index is 11.3. The zero-order chi connectivity index (χ0) is 11.3. The Morgan fingerprint density at radius 1 is 1.33 bits per heavy atom. The molecule has 0 aliphatic heterocycles. The van der Waals surface area contributed by atoms with Crippen LogP contribution in [0.1, 0.15) is 12.5 Å². The zero-order valence-corrected chi connectivity index (χ0v) is 10.4. The van der Waals surface area contributed by atoms with E-state index in [1.54, 1.807) is 22.6 Å². The summed E-state index contributed by atoms with van der Waals surface area (Å²) < 4.78 is 4.28. The lowest BCUT2D eigenvalue weighted by molar-refractivity contribution is -0.145. The van der Waals surface area contributed by atoms with Crippen molar-refractivity contribution in [1.29, 1.82) is 0 Å². The maximum Gasteiger partial charge on any atom is 0.326 e. The van der Waals surface area contributed by atoms with Gasteiger partial charge in [0, 0.05) is 0 Å². The Balaban J connectivity index is 2.44. The fourth-order valence-corrected chi connectivity index (χ4v) is 1.15. The highest BCUT2D eigenvalue weighted by Crippen LogP contribution is 2.07. The SMILES string of the molecule is CC(=O)C(I)C(=O)OCc1ccccc1. The predicted octanol–water partition coefficient (Wildman–Crippen LogP) is 2.12. The van der Waals surface area contributed by atoms with Crippen LogP contribution < -0.4 is 0 Å². The van der Waals surface area contributed by atoms with Crippen LogP contribution in [-0.4, -0.2) is 15.7 Å². The number of Topliss-reactive ketones (excluding diaryl/α,β-unsaturated/α-hetero) is 1. The highest BCUT2D eigenvalue weighted by Gasteiger charge is 2.20. The number of hydrogen-bond acceptors (Lipinski definition) is 3. The summed E-state index contributed by atoms with van der Waals surface area (Å²) in [5, 5.41) is 0. The molecule has 0 aliphatic carbocycles. The molecule has 0 heterocycles. The fourth-order valence-electron chi connectivity index (χ4n) is 0.968. The van der Waals surface area contributed by atoms with Crippen molar-refractivity contribution >= 4 is 34.3 Å². The van der Waals surface area contributed by atoms with Gasteiger partial charge in [-0.15, -0.1) is 0 Å². The number of halogens is 1. The highest BCUT2D eigenvalue weighted by atomic mass is 127. The molecule has 1 atom stereocenters. The average molecular weight is 318 g/mol. The second-order valence-corrected chi connectivity index (χ2v) is 4.31. The minimum atomic E-state index is -0.702. The van der Waals surface area contributed by atoms with Crippen molar-refractivity contribution in [3.05, 3.63) is 35.9 Å². The third kappa shape index (κ3) is 3.99. The first-order valence-electron chi connectivity index (χ1n) is 4.46. The molecule has 0 saturated heterocycles. The van der Waals surface area contributed by atoms with Crippen LogP contribution >= 0.6 is 22.6 Å². The van der Waals surface area contributed by atoms with Crippen LogP contribution in [0.3, 0.4) is 0 Å². The van der Waals surface area contributed by atoms with Crippen molar-refractivity contribution in [2.24, 2.45) is 0 Å². The molecule has 80 valence electrons. The summed E-state index contributed by atoms with van der Waals surface area (Å²) in [6, 6.07) is 9.36. The number of ketones is 1. The van der Waals surface area contributed by atoms with Crippen molar-refractivity contribution < 1.29 is 14.3 Å². The summed E-state index contributed by atoms with van der Waals surface area (Å²) in [5.74, 6) is -0.666. The summed E-state index contributed by atoms with van der Waals surface area (Å²) in [5.41, 5.74) is 0.915. The molecule has 0 spiro atoms. The van der Waals surface area contributed by atoms with Crippen molar-refractivity contribution in [2.45, 2.75) is 17.5 Å². The first kappa shape index (κ1) is 12.2. The smallest absolute Gasteiger partial charge is 0.326 e. The molecule has 0 aromatic heterocycles. The van der Waals surface area contributed by atoms with Crippen LogP contribution in [-0.2, 0) is 20.9 Å². The summed E-state index contributed by atoms with van der Waals surface area (Å²) in [7, 11) is 0. The summed E-state index contributed by atoms with van der Waals surface area (Å²) >= 11 is 1.78. The minimum Gasteiger partial charge on any atom is -0.460 e. The number of ether oxygens (including phenoxy) is 1. The third-order valence-corrected chi connectivity index (χ3v) is 3.17. The third-order valence-electron chi connectivity index (χ3n) is 1.79. The van der Waals surface area contributed by atoms with E-state index in [-0.39, 0.29) is 12.4 Å². The van der Waals surface area contributed by atoms with Crippen LogP contribution in [0.2, 0.25) is 0 Å². The lowest BCUT2D eigenvalue weighted by Crippen LogP contribution is -2.23. The van der Waals surface area contributed by atoms with Gasteiger partial charge in [0.15, 0.2) is 9.71 Å². The Hall–Kier alpha value is -0.910. The van der Waals surface area contributed by atoms with Gasteiger partial charge in [0.2, 0.25) is 0 Å². The summed E-state index contributed by atoms with van der Waals surface area (Å²) in [6.07, 6.45) is 0. The average Bonchev–Trinajstić information content (AvgIpc) is 2.26. The van der Waals surface area contributed by atoms with E-state index in [9.17, 15) is 9.59 Å². The molecule has 0 amide bonds. The Morgan fingerprint density at radius 2 is 1.93 bits per heavy atom. The molecule has 0 fully saturated rings. The van der Waals surface area contributed by atoms with E-state index in [0.717, 1.165) is 5.56 Å². The number of hydrogen-bond donors (Lipinski definition) is 0. The Morgan fingerprint density at radius 3 is 2.47 bits per heavy atom. The van der Waals surface area contributed by atoms with E-state index in [4.69, 9.17) is 4.74 Å². The highest BCUT2D eigenvalue weighted by molar-refractivity contribution is 14.1. The van der Waals surface area contributed by atoms with Gasteiger partial charge in [-0.25, -0.2) is 0 Å².